The van der Waals surface area contributed by atoms with Crippen molar-refractivity contribution < 1.29 is 47.5 Å². The lowest BCUT2D eigenvalue weighted by molar-refractivity contribution is -0.177. The van der Waals surface area contributed by atoms with Crippen LogP contribution in [0.2, 0.25) is 0 Å². The Kier molecular flexibility index (Phi) is 38.7. The number of esters is 2. The third-order valence-electron chi connectivity index (χ3n) is 10.0. The maximum absolute atomic E-state index is 13.1. The average Bonchev–Trinajstić information content (AvgIpc) is 3.24. The van der Waals surface area contributed by atoms with Crippen LogP contribution in [0.25, 0.3) is 0 Å². The lowest BCUT2D eigenvalue weighted by atomic mass is 10.1. The number of hydrogen-bond donors (Lipinski definition) is 0. The second-order valence-electron chi connectivity index (χ2n) is 15.4. The number of benzene rings is 1. The summed E-state index contributed by atoms with van der Waals surface area (Å²) in [5.74, 6) is -1.25. The van der Waals surface area contributed by atoms with Crippen molar-refractivity contribution in [2.75, 3.05) is 66.1 Å². The van der Waals surface area contributed by atoms with Crippen LogP contribution in [0.5, 0.6) is 0 Å². The summed E-state index contributed by atoms with van der Waals surface area (Å²) in [5, 5.41) is 0. The highest BCUT2D eigenvalue weighted by Gasteiger charge is 2.20. The Morgan fingerprint density at radius 3 is 1.02 bits per heavy atom. The Bertz CT molecular complexity index is 972. The van der Waals surface area contributed by atoms with E-state index < -0.39 is 24.5 Å². The molecule has 0 saturated carbocycles. The lowest BCUT2D eigenvalue weighted by Gasteiger charge is -2.19. The van der Waals surface area contributed by atoms with Crippen LogP contribution in [-0.2, 0) is 37.9 Å². The molecule has 58 heavy (non-hydrogen) atoms. The van der Waals surface area contributed by atoms with Crippen molar-refractivity contribution in [1.82, 2.24) is 0 Å². The van der Waals surface area contributed by atoms with Crippen molar-refractivity contribution in [2.24, 2.45) is 0 Å². The first-order valence-corrected chi connectivity index (χ1v) is 23.6. The van der Waals surface area contributed by atoms with Gasteiger partial charge in [0.2, 0.25) is 0 Å². The molecule has 0 spiro atoms. The van der Waals surface area contributed by atoms with Crippen molar-refractivity contribution in [2.45, 2.75) is 194 Å². The first-order valence-electron chi connectivity index (χ1n) is 23.6. The summed E-state index contributed by atoms with van der Waals surface area (Å²) in [5.41, 5.74) is 0.268. The molecule has 0 heterocycles. The van der Waals surface area contributed by atoms with Gasteiger partial charge in [-0.05, 0) is 37.8 Å². The van der Waals surface area contributed by atoms with Crippen molar-refractivity contribution >= 4 is 11.9 Å². The van der Waals surface area contributed by atoms with E-state index in [0.29, 0.717) is 39.6 Å². The minimum absolute atomic E-state index is 0.00538. The van der Waals surface area contributed by atoms with Crippen LogP contribution in [0.4, 0.5) is 0 Å². The highest BCUT2D eigenvalue weighted by atomic mass is 16.7. The van der Waals surface area contributed by atoms with Crippen molar-refractivity contribution in [3.63, 3.8) is 0 Å². The highest BCUT2D eigenvalue weighted by molar-refractivity contribution is 6.03. The van der Waals surface area contributed by atoms with Crippen LogP contribution in [0, 0.1) is 0 Å². The van der Waals surface area contributed by atoms with Crippen molar-refractivity contribution in [3.8, 4) is 0 Å². The van der Waals surface area contributed by atoms with Crippen molar-refractivity contribution in [1.29, 1.82) is 0 Å². The molecule has 0 aromatic heterocycles. The molecule has 0 amide bonds. The van der Waals surface area contributed by atoms with Gasteiger partial charge in [-0.1, -0.05) is 168 Å². The van der Waals surface area contributed by atoms with Crippen LogP contribution >= 0.6 is 0 Å². The molecule has 1 aromatic rings. The van der Waals surface area contributed by atoms with Crippen LogP contribution in [0.15, 0.2) is 24.3 Å². The molecule has 0 aliphatic rings. The van der Waals surface area contributed by atoms with Gasteiger partial charge in [0, 0.05) is 26.4 Å². The fourth-order valence-electron chi connectivity index (χ4n) is 6.43. The first kappa shape index (κ1) is 53.9. The standard InChI is InChI=1S/C48H86O10/c1-5-9-13-17-21-27-33-51-41-45(53-35-29-23-19-15-11-7-3)55-37-39-57-47(49)43-31-25-26-32-44(43)48(50)58-40-38-56-46(54-36-30-24-20-16-12-8-4)42-52-34-28-22-18-14-10-6-2/h25-26,31-32,45-46H,5-24,27-30,33-42H2,1-4H3. The van der Waals surface area contributed by atoms with E-state index in [-0.39, 0.29) is 37.6 Å². The summed E-state index contributed by atoms with van der Waals surface area (Å²) in [7, 11) is 0. The third-order valence-corrected chi connectivity index (χ3v) is 10.0. The van der Waals surface area contributed by atoms with Gasteiger partial charge < -0.3 is 37.9 Å². The highest BCUT2D eigenvalue weighted by Crippen LogP contribution is 2.14. The van der Waals surface area contributed by atoms with Crippen LogP contribution in [0.3, 0.4) is 0 Å². The van der Waals surface area contributed by atoms with Gasteiger partial charge in [0.05, 0.1) is 37.6 Å². The molecule has 0 bridgehead atoms. The van der Waals surface area contributed by atoms with Crippen LogP contribution < -0.4 is 0 Å². The molecule has 338 valence electrons. The van der Waals surface area contributed by atoms with Gasteiger partial charge in [0.1, 0.15) is 13.2 Å². The van der Waals surface area contributed by atoms with Gasteiger partial charge >= 0.3 is 11.9 Å². The SMILES string of the molecule is CCCCCCCCOCC(OCCCCCCCC)OCCOC(=O)c1ccccc1C(=O)OCCOC(COCCCCCCCC)OCCCCCCCC. The maximum atomic E-state index is 13.1. The van der Waals surface area contributed by atoms with E-state index >= 15 is 0 Å². The smallest absolute Gasteiger partial charge is 0.339 e. The van der Waals surface area contributed by atoms with E-state index in [1.54, 1.807) is 24.3 Å². The van der Waals surface area contributed by atoms with Gasteiger partial charge in [0.25, 0.3) is 0 Å². The first-order chi connectivity index (χ1) is 28.6. The molecule has 0 saturated heterocycles. The molecule has 0 fully saturated rings. The normalized spacial score (nSPS) is 12.5. The fourth-order valence-corrected chi connectivity index (χ4v) is 6.43. The maximum Gasteiger partial charge on any atom is 0.339 e. The minimum Gasteiger partial charge on any atom is -0.460 e. The average molecular weight is 823 g/mol. The minimum atomic E-state index is -0.623. The summed E-state index contributed by atoms with van der Waals surface area (Å²) >= 11 is 0. The van der Waals surface area contributed by atoms with Crippen molar-refractivity contribution in [3.05, 3.63) is 35.4 Å². The third kappa shape index (κ3) is 31.8. The van der Waals surface area contributed by atoms with Gasteiger partial charge in [-0.25, -0.2) is 9.59 Å². The number of unbranched alkanes of at least 4 members (excludes halogenated alkanes) is 20. The second-order valence-corrected chi connectivity index (χ2v) is 15.4. The number of carbonyl (C=O) groups is 2. The van der Waals surface area contributed by atoms with E-state index in [0.717, 1.165) is 51.4 Å². The Morgan fingerprint density at radius 1 is 0.379 bits per heavy atom. The van der Waals surface area contributed by atoms with Gasteiger partial charge in [0.15, 0.2) is 12.6 Å². The van der Waals surface area contributed by atoms with Gasteiger partial charge in [-0.3, -0.25) is 0 Å². The predicted octanol–water partition coefficient (Wildman–Crippen LogP) is 12.2. The van der Waals surface area contributed by atoms with E-state index in [1.807, 2.05) is 0 Å². The number of hydrogen-bond acceptors (Lipinski definition) is 10. The molecule has 10 nitrogen and oxygen atoms in total. The van der Waals surface area contributed by atoms with E-state index in [9.17, 15) is 9.59 Å². The van der Waals surface area contributed by atoms with E-state index in [2.05, 4.69) is 27.7 Å². The summed E-state index contributed by atoms with van der Waals surface area (Å²) < 4.78 is 46.8. The monoisotopic (exact) mass is 823 g/mol. The second kappa shape index (κ2) is 41.6. The summed E-state index contributed by atoms with van der Waals surface area (Å²) in [6.45, 7) is 12.4. The van der Waals surface area contributed by atoms with Crippen LogP contribution in [-0.4, -0.2) is 90.6 Å². The molecule has 2 unspecified atom stereocenters. The molecular weight excluding hydrogens is 737 g/mol. The van der Waals surface area contributed by atoms with Gasteiger partial charge in [-0.2, -0.15) is 0 Å². The zero-order valence-corrected chi connectivity index (χ0v) is 37.6. The predicted molar refractivity (Wildman–Crippen MR) is 234 cm³/mol. The van der Waals surface area contributed by atoms with Gasteiger partial charge in [-0.15, -0.1) is 0 Å². The molecule has 1 rings (SSSR count). The topological polar surface area (TPSA) is 108 Å². The summed E-state index contributed by atoms with van der Waals surface area (Å²) in [6.07, 6.45) is 27.4. The summed E-state index contributed by atoms with van der Waals surface area (Å²) in [4.78, 5) is 26.2. The fraction of sp³-hybridized carbons (Fsp3) is 0.833. The summed E-state index contributed by atoms with van der Waals surface area (Å²) in [6, 6.07) is 6.51. The largest absolute Gasteiger partial charge is 0.460 e. The van der Waals surface area contributed by atoms with Crippen LogP contribution in [0.1, 0.15) is 203 Å². The number of carbonyl (C=O) groups excluding carboxylic acids is 2. The Hall–Kier alpha value is -2.08. The number of rotatable bonds is 44. The molecule has 2 atom stereocenters. The Balaban J connectivity index is 2.55. The molecule has 10 heteroatoms. The zero-order valence-electron chi connectivity index (χ0n) is 37.6. The van der Waals surface area contributed by atoms with E-state index in [1.165, 1.54) is 103 Å². The molecule has 0 N–H and O–H groups in total. The van der Waals surface area contributed by atoms with E-state index in [4.69, 9.17) is 37.9 Å². The lowest BCUT2D eigenvalue weighted by Crippen LogP contribution is -2.27. The molecule has 1 aromatic carbocycles. The number of ether oxygens (including phenoxy) is 8. The molecule has 0 aliphatic heterocycles. The Labute approximate surface area is 354 Å². The Morgan fingerprint density at radius 2 is 0.672 bits per heavy atom. The zero-order chi connectivity index (χ0) is 42.0. The molecule has 0 radical (unpaired) electrons. The molecular formula is C48H86O10. The molecule has 0 aliphatic carbocycles. The quantitative estimate of drug-likeness (QED) is 0.0358.